The molecular formula is C9H19NO3. The van der Waals surface area contributed by atoms with Crippen molar-refractivity contribution in [2.75, 3.05) is 26.9 Å². The van der Waals surface area contributed by atoms with Gasteiger partial charge in [0, 0.05) is 6.61 Å². The van der Waals surface area contributed by atoms with E-state index in [1.54, 1.807) is 0 Å². The van der Waals surface area contributed by atoms with Crippen LogP contribution < -0.4 is 5.32 Å². The molecule has 0 spiro atoms. The van der Waals surface area contributed by atoms with Gasteiger partial charge in [-0.05, 0) is 13.0 Å². The summed E-state index contributed by atoms with van der Waals surface area (Å²) < 4.78 is 9.87. The number of hydrogen-bond acceptors (Lipinski definition) is 4. The maximum absolute atomic E-state index is 11.1. The fourth-order valence-electron chi connectivity index (χ4n) is 0.944. The molecule has 1 N–H and O–H groups in total. The minimum Gasteiger partial charge on any atom is -0.468 e. The van der Waals surface area contributed by atoms with Gasteiger partial charge in [-0.2, -0.15) is 0 Å². The van der Waals surface area contributed by atoms with Gasteiger partial charge in [0.05, 0.1) is 13.7 Å². The highest BCUT2D eigenvalue weighted by Crippen LogP contribution is 1.91. The quantitative estimate of drug-likeness (QED) is 0.469. The third-order valence-electron chi connectivity index (χ3n) is 1.57. The van der Waals surface area contributed by atoms with E-state index in [1.165, 1.54) is 7.11 Å². The molecule has 4 heteroatoms. The molecule has 13 heavy (non-hydrogen) atoms. The molecule has 0 aliphatic rings. The zero-order valence-corrected chi connectivity index (χ0v) is 8.63. The fourth-order valence-corrected chi connectivity index (χ4v) is 0.944. The molecule has 0 fully saturated rings. The highest BCUT2D eigenvalue weighted by Gasteiger charge is 2.17. The molecule has 1 atom stereocenters. The van der Waals surface area contributed by atoms with E-state index in [0.717, 1.165) is 13.0 Å². The third-order valence-corrected chi connectivity index (χ3v) is 1.57. The van der Waals surface area contributed by atoms with Crippen LogP contribution in [0, 0.1) is 0 Å². The number of esters is 1. The Morgan fingerprint density at radius 1 is 1.46 bits per heavy atom. The van der Waals surface area contributed by atoms with E-state index in [9.17, 15) is 4.79 Å². The molecular weight excluding hydrogens is 170 g/mol. The zero-order chi connectivity index (χ0) is 10.1. The first-order valence-electron chi connectivity index (χ1n) is 4.65. The van der Waals surface area contributed by atoms with Gasteiger partial charge in [0.25, 0.3) is 0 Å². The molecule has 0 amide bonds. The number of ether oxygens (including phenoxy) is 2. The number of nitrogens with one attached hydrogen (secondary N) is 1. The van der Waals surface area contributed by atoms with E-state index in [4.69, 9.17) is 4.74 Å². The van der Waals surface area contributed by atoms with Crippen molar-refractivity contribution in [3.63, 3.8) is 0 Å². The van der Waals surface area contributed by atoms with E-state index in [-0.39, 0.29) is 12.0 Å². The summed E-state index contributed by atoms with van der Waals surface area (Å²) in [4.78, 5) is 11.1. The van der Waals surface area contributed by atoms with E-state index >= 15 is 0 Å². The van der Waals surface area contributed by atoms with Crippen molar-refractivity contribution in [2.24, 2.45) is 0 Å². The normalized spacial score (nSPS) is 12.5. The van der Waals surface area contributed by atoms with Crippen LogP contribution >= 0.6 is 0 Å². The lowest BCUT2D eigenvalue weighted by Crippen LogP contribution is -2.41. The molecule has 0 aromatic carbocycles. The van der Waals surface area contributed by atoms with Crippen LogP contribution in [0.2, 0.25) is 0 Å². The first-order valence-corrected chi connectivity index (χ1v) is 4.65. The summed E-state index contributed by atoms with van der Waals surface area (Å²) in [6.45, 7) is 5.76. The summed E-state index contributed by atoms with van der Waals surface area (Å²) in [5, 5.41) is 2.99. The van der Waals surface area contributed by atoms with Gasteiger partial charge >= 0.3 is 5.97 Å². The number of hydrogen-bond donors (Lipinski definition) is 1. The molecule has 0 heterocycles. The van der Waals surface area contributed by atoms with Gasteiger partial charge in [0.2, 0.25) is 0 Å². The van der Waals surface area contributed by atoms with E-state index in [0.29, 0.717) is 13.2 Å². The predicted molar refractivity (Wildman–Crippen MR) is 50.6 cm³/mol. The first-order chi connectivity index (χ1) is 6.26. The summed E-state index contributed by atoms with van der Waals surface area (Å²) in [5.74, 6) is -0.266. The lowest BCUT2D eigenvalue weighted by Gasteiger charge is -2.14. The Balaban J connectivity index is 3.73. The Bertz CT molecular complexity index is 139. The highest BCUT2D eigenvalue weighted by molar-refractivity contribution is 5.75. The van der Waals surface area contributed by atoms with Gasteiger partial charge in [0.1, 0.15) is 6.04 Å². The second-order valence-corrected chi connectivity index (χ2v) is 2.71. The molecule has 4 nitrogen and oxygen atoms in total. The molecule has 0 aromatic heterocycles. The lowest BCUT2D eigenvalue weighted by molar-refractivity contribution is -0.144. The average molecular weight is 189 g/mol. The summed E-state index contributed by atoms with van der Waals surface area (Å²) in [7, 11) is 1.38. The van der Waals surface area contributed by atoms with Crippen LogP contribution in [-0.2, 0) is 14.3 Å². The van der Waals surface area contributed by atoms with Gasteiger partial charge in [-0.15, -0.1) is 0 Å². The number of rotatable bonds is 7. The topological polar surface area (TPSA) is 47.6 Å². The molecule has 0 rings (SSSR count). The van der Waals surface area contributed by atoms with Crippen molar-refractivity contribution >= 4 is 5.97 Å². The lowest BCUT2D eigenvalue weighted by atomic mass is 10.3. The minimum atomic E-state index is -0.332. The number of methoxy groups -OCH3 is 1. The molecule has 1 unspecified atom stereocenters. The summed E-state index contributed by atoms with van der Waals surface area (Å²) in [6.07, 6.45) is 0.958. The van der Waals surface area contributed by atoms with Gasteiger partial charge in [-0.3, -0.25) is 4.79 Å². The maximum atomic E-state index is 11.1. The summed E-state index contributed by atoms with van der Waals surface area (Å²) in [5.41, 5.74) is 0. The Hall–Kier alpha value is -0.610. The second-order valence-electron chi connectivity index (χ2n) is 2.71. The van der Waals surface area contributed by atoms with Crippen LogP contribution in [0.5, 0.6) is 0 Å². The average Bonchev–Trinajstić information content (AvgIpc) is 2.16. The van der Waals surface area contributed by atoms with Gasteiger partial charge in [-0.1, -0.05) is 13.8 Å². The van der Waals surface area contributed by atoms with E-state index in [2.05, 4.69) is 10.1 Å². The Kier molecular flexibility index (Phi) is 7.63. The largest absolute Gasteiger partial charge is 0.468 e. The van der Waals surface area contributed by atoms with Gasteiger partial charge < -0.3 is 14.8 Å². The molecule has 0 aliphatic heterocycles. The molecule has 0 saturated heterocycles. The molecule has 0 saturated carbocycles. The standard InChI is InChI=1S/C9H19NO3/c1-4-6-13-7-8(10-5-2)9(11)12-3/h8,10H,4-7H2,1-3H3. The van der Waals surface area contributed by atoms with Crippen molar-refractivity contribution < 1.29 is 14.3 Å². The monoisotopic (exact) mass is 189 g/mol. The highest BCUT2D eigenvalue weighted by atomic mass is 16.5. The summed E-state index contributed by atoms with van der Waals surface area (Å²) >= 11 is 0. The van der Waals surface area contributed by atoms with Crippen LogP contribution in [0.3, 0.4) is 0 Å². The number of likely N-dealkylation sites (N-methyl/N-ethyl adjacent to an activating group) is 1. The van der Waals surface area contributed by atoms with Crippen molar-refractivity contribution in [3.05, 3.63) is 0 Å². The Morgan fingerprint density at radius 3 is 2.62 bits per heavy atom. The Morgan fingerprint density at radius 2 is 2.15 bits per heavy atom. The van der Waals surface area contributed by atoms with Crippen molar-refractivity contribution in [3.8, 4) is 0 Å². The smallest absolute Gasteiger partial charge is 0.325 e. The van der Waals surface area contributed by atoms with Crippen LogP contribution in [0.1, 0.15) is 20.3 Å². The summed E-state index contributed by atoms with van der Waals surface area (Å²) in [6, 6.07) is -0.332. The second kappa shape index (κ2) is 8.01. The number of carbonyl (C=O) groups is 1. The molecule has 0 aromatic rings. The fraction of sp³-hybridized carbons (Fsp3) is 0.889. The van der Waals surface area contributed by atoms with Crippen LogP contribution in [0.15, 0.2) is 0 Å². The third kappa shape index (κ3) is 5.60. The van der Waals surface area contributed by atoms with Crippen LogP contribution in [-0.4, -0.2) is 38.9 Å². The first kappa shape index (κ1) is 12.4. The SMILES string of the molecule is CCCOCC(NCC)C(=O)OC. The van der Waals surface area contributed by atoms with Crippen molar-refractivity contribution in [1.82, 2.24) is 5.32 Å². The molecule has 78 valence electrons. The Labute approximate surface area is 79.6 Å². The minimum absolute atomic E-state index is 0.266. The van der Waals surface area contributed by atoms with Crippen LogP contribution in [0.4, 0.5) is 0 Å². The van der Waals surface area contributed by atoms with E-state index in [1.807, 2.05) is 13.8 Å². The van der Waals surface area contributed by atoms with Crippen LogP contribution in [0.25, 0.3) is 0 Å². The maximum Gasteiger partial charge on any atom is 0.325 e. The zero-order valence-electron chi connectivity index (χ0n) is 8.63. The molecule has 0 bridgehead atoms. The number of carbonyl (C=O) groups excluding carboxylic acids is 1. The molecule has 0 aliphatic carbocycles. The predicted octanol–water partition coefficient (Wildman–Crippen LogP) is 0.564. The van der Waals surface area contributed by atoms with Gasteiger partial charge in [0.15, 0.2) is 0 Å². The van der Waals surface area contributed by atoms with Crippen molar-refractivity contribution in [1.29, 1.82) is 0 Å². The van der Waals surface area contributed by atoms with E-state index < -0.39 is 0 Å². The van der Waals surface area contributed by atoms with Gasteiger partial charge in [-0.25, -0.2) is 0 Å². The van der Waals surface area contributed by atoms with Crippen molar-refractivity contribution in [2.45, 2.75) is 26.3 Å². The molecule has 0 radical (unpaired) electrons.